The number of nitrogens with one attached hydrogen (secondary N) is 1. The molecule has 0 bridgehead atoms. The second-order valence-electron chi connectivity index (χ2n) is 8.69. The summed E-state index contributed by atoms with van der Waals surface area (Å²) >= 11 is 0. The Hall–Kier alpha value is -3.58. The van der Waals surface area contributed by atoms with Crippen LogP contribution in [0.1, 0.15) is 27.2 Å². The van der Waals surface area contributed by atoms with Crippen molar-refractivity contribution in [3.05, 3.63) is 82.9 Å². The van der Waals surface area contributed by atoms with E-state index >= 15 is 0 Å². The van der Waals surface area contributed by atoms with E-state index in [0.29, 0.717) is 11.4 Å². The predicted molar refractivity (Wildman–Crippen MR) is 127 cm³/mol. The third-order valence-corrected chi connectivity index (χ3v) is 5.82. The van der Waals surface area contributed by atoms with Crippen LogP contribution in [0.5, 0.6) is 0 Å². The lowest BCUT2D eigenvalue weighted by atomic mass is 9.86. The quantitative estimate of drug-likeness (QED) is 0.167. The molecule has 0 radical (unpaired) electrons. The molecule has 0 aliphatic rings. The molecule has 0 spiro atoms. The standard InChI is InChI=1S/C25H26F4N4O4/c1-32(2)23(36)22-10-17(12-33(22)13-20(35)14-34)24(37,25(27,28)29)16-3-8-21(15(9-16)11-30)31-19-6-4-18(26)5-7-19/h3-12,20,30-31,34-35,37H,13-14H2,1-2H3/p+1. The SMILES string of the molecule is CN(C)C(=O)c1cc(C(O)(c2ccc([NH2+]c3ccc(F)cc3)c(C=N)c2)C(F)(F)F)cn1CC(O)CO. The number of hydrogen-bond donors (Lipinski definition) is 5. The van der Waals surface area contributed by atoms with E-state index in [1.165, 1.54) is 44.4 Å². The Balaban J connectivity index is 2.14. The topological polar surface area (TPSA) is 126 Å². The lowest BCUT2D eigenvalue weighted by Crippen LogP contribution is -2.71. The van der Waals surface area contributed by atoms with Gasteiger partial charge in [-0.05, 0) is 35.9 Å². The molecule has 2 atom stereocenters. The van der Waals surface area contributed by atoms with Crippen LogP contribution in [0.3, 0.4) is 0 Å². The Bertz CT molecular complexity index is 1270. The molecule has 8 nitrogen and oxygen atoms in total. The van der Waals surface area contributed by atoms with Gasteiger partial charge in [-0.15, -0.1) is 0 Å². The van der Waals surface area contributed by atoms with Gasteiger partial charge in [0.2, 0.25) is 5.60 Å². The number of aliphatic hydroxyl groups excluding tert-OH is 2. The summed E-state index contributed by atoms with van der Waals surface area (Å²) in [7, 11) is 2.79. The molecule has 12 heteroatoms. The van der Waals surface area contributed by atoms with Crippen LogP contribution in [0.4, 0.5) is 28.9 Å². The number of halogens is 4. The number of aliphatic hydroxyl groups is 3. The zero-order valence-corrected chi connectivity index (χ0v) is 20.0. The number of amides is 1. The van der Waals surface area contributed by atoms with Gasteiger partial charge >= 0.3 is 6.18 Å². The number of quaternary nitrogens is 1. The van der Waals surface area contributed by atoms with Gasteiger partial charge in [0.05, 0.1) is 24.8 Å². The number of nitrogens with zero attached hydrogens (tertiary/aromatic N) is 2. The molecule has 3 aromatic rings. The summed E-state index contributed by atoms with van der Waals surface area (Å²) in [4.78, 5) is 13.8. The first-order chi connectivity index (χ1) is 17.3. The van der Waals surface area contributed by atoms with Crippen LogP contribution in [0.25, 0.3) is 0 Å². The lowest BCUT2D eigenvalue weighted by Gasteiger charge is -2.31. The molecule has 0 aliphatic heterocycles. The van der Waals surface area contributed by atoms with Crippen molar-refractivity contribution >= 4 is 23.5 Å². The van der Waals surface area contributed by atoms with Crippen molar-refractivity contribution in [2.24, 2.45) is 0 Å². The Labute approximate surface area is 209 Å². The van der Waals surface area contributed by atoms with Gasteiger partial charge in [-0.25, -0.2) is 4.39 Å². The van der Waals surface area contributed by atoms with Crippen LogP contribution in [-0.4, -0.2) is 69.9 Å². The molecule has 3 rings (SSSR count). The second kappa shape index (κ2) is 10.8. The first-order valence-electron chi connectivity index (χ1n) is 11.1. The third kappa shape index (κ3) is 5.72. The number of benzene rings is 2. The highest BCUT2D eigenvalue weighted by atomic mass is 19.4. The fraction of sp³-hybridized carbons (Fsp3) is 0.280. The Morgan fingerprint density at radius 2 is 1.78 bits per heavy atom. The third-order valence-electron chi connectivity index (χ3n) is 5.82. The summed E-state index contributed by atoms with van der Waals surface area (Å²) in [5.41, 5.74) is -4.11. The molecule has 0 saturated carbocycles. The van der Waals surface area contributed by atoms with Crippen LogP contribution >= 0.6 is 0 Å². The van der Waals surface area contributed by atoms with Crippen molar-refractivity contribution in [1.29, 1.82) is 5.41 Å². The summed E-state index contributed by atoms with van der Waals surface area (Å²) in [5.74, 6) is -1.13. The maximum atomic E-state index is 14.5. The summed E-state index contributed by atoms with van der Waals surface area (Å²) in [6.45, 7) is -1.09. The molecule has 1 aromatic heterocycles. The highest BCUT2D eigenvalue weighted by molar-refractivity contribution is 5.93. The van der Waals surface area contributed by atoms with Gasteiger partial charge in [0.1, 0.15) is 22.9 Å². The number of nitrogens with two attached hydrogens (primary N) is 1. The fourth-order valence-electron chi connectivity index (χ4n) is 3.84. The average molecular weight is 524 g/mol. The Kier molecular flexibility index (Phi) is 8.18. The lowest BCUT2D eigenvalue weighted by molar-refractivity contribution is -0.478. The molecule has 6 N–H and O–H groups in total. The van der Waals surface area contributed by atoms with Gasteiger partial charge in [-0.2, -0.15) is 13.2 Å². The van der Waals surface area contributed by atoms with E-state index in [2.05, 4.69) is 0 Å². The molecule has 2 unspecified atom stereocenters. The van der Waals surface area contributed by atoms with E-state index in [1.807, 2.05) is 0 Å². The maximum absolute atomic E-state index is 14.5. The molecule has 0 aliphatic carbocycles. The van der Waals surface area contributed by atoms with E-state index < -0.39 is 53.9 Å². The van der Waals surface area contributed by atoms with Crippen LogP contribution in [-0.2, 0) is 12.1 Å². The Morgan fingerprint density at radius 1 is 1.14 bits per heavy atom. The smallest absolute Gasteiger partial charge is 0.394 e. The van der Waals surface area contributed by atoms with E-state index in [0.717, 1.165) is 40.1 Å². The van der Waals surface area contributed by atoms with Crippen molar-refractivity contribution in [3.8, 4) is 0 Å². The van der Waals surface area contributed by atoms with Gasteiger partial charge in [0.25, 0.3) is 5.91 Å². The highest BCUT2D eigenvalue weighted by Gasteiger charge is 2.57. The summed E-state index contributed by atoms with van der Waals surface area (Å²) in [6.07, 6.45) is -4.86. The summed E-state index contributed by atoms with van der Waals surface area (Å²) in [6, 6.07) is 9.64. The van der Waals surface area contributed by atoms with Gasteiger partial charge in [-0.1, -0.05) is 0 Å². The average Bonchev–Trinajstić information content (AvgIpc) is 3.27. The molecular formula is C25H27F4N4O4+. The number of carbonyl (C=O) groups excluding carboxylic acids is 1. The number of hydrogen-bond acceptors (Lipinski definition) is 5. The molecule has 0 saturated heterocycles. The molecule has 198 valence electrons. The minimum atomic E-state index is -5.24. The van der Waals surface area contributed by atoms with Crippen LogP contribution < -0.4 is 5.32 Å². The van der Waals surface area contributed by atoms with Crippen LogP contribution in [0.2, 0.25) is 0 Å². The van der Waals surface area contributed by atoms with Gasteiger partial charge < -0.3 is 30.2 Å². The zero-order chi connectivity index (χ0) is 27.5. The number of rotatable bonds is 9. The van der Waals surface area contributed by atoms with Crippen molar-refractivity contribution in [2.45, 2.75) is 24.4 Å². The first-order valence-corrected chi connectivity index (χ1v) is 11.1. The van der Waals surface area contributed by atoms with Gasteiger partial charge in [-0.3, -0.25) is 10.1 Å². The molecule has 37 heavy (non-hydrogen) atoms. The molecular weight excluding hydrogens is 496 g/mol. The fourth-order valence-corrected chi connectivity index (χ4v) is 3.84. The Morgan fingerprint density at radius 3 is 2.32 bits per heavy atom. The summed E-state index contributed by atoms with van der Waals surface area (Å²) in [5, 5.41) is 39.5. The van der Waals surface area contributed by atoms with E-state index in [1.54, 1.807) is 5.32 Å². The molecule has 1 amide bonds. The van der Waals surface area contributed by atoms with Crippen LogP contribution in [0, 0.1) is 11.2 Å². The van der Waals surface area contributed by atoms with E-state index in [4.69, 9.17) is 5.41 Å². The second-order valence-corrected chi connectivity index (χ2v) is 8.69. The van der Waals surface area contributed by atoms with Crippen molar-refractivity contribution in [1.82, 2.24) is 9.47 Å². The highest BCUT2D eigenvalue weighted by Crippen LogP contribution is 2.45. The maximum Gasteiger partial charge on any atom is 0.425 e. The van der Waals surface area contributed by atoms with Crippen molar-refractivity contribution < 1.29 is 43.0 Å². The monoisotopic (exact) mass is 523 g/mol. The molecule has 0 fully saturated rings. The number of aromatic nitrogens is 1. The van der Waals surface area contributed by atoms with Crippen molar-refractivity contribution in [2.75, 3.05) is 20.7 Å². The van der Waals surface area contributed by atoms with E-state index in [9.17, 15) is 37.7 Å². The van der Waals surface area contributed by atoms with E-state index in [-0.39, 0.29) is 11.3 Å². The van der Waals surface area contributed by atoms with Crippen LogP contribution in [0.15, 0.2) is 54.7 Å². The van der Waals surface area contributed by atoms with Gasteiger partial charge in [0, 0.05) is 50.3 Å². The minimum Gasteiger partial charge on any atom is -0.394 e. The normalized spacial score (nSPS) is 14.2. The minimum absolute atomic E-state index is 0.0595. The molecule has 2 aromatic carbocycles. The first kappa shape index (κ1) is 28.0. The van der Waals surface area contributed by atoms with Crippen molar-refractivity contribution in [3.63, 3.8) is 0 Å². The molecule has 1 heterocycles. The summed E-state index contributed by atoms with van der Waals surface area (Å²) < 4.78 is 57.7. The van der Waals surface area contributed by atoms with Gasteiger partial charge in [0.15, 0.2) is 0 Å². The number of carbonyl (C=O) groups is 1. The predicted octanol–water partition coefficient (Wildman–Crippen LogP) is 2.00. The number of alkyl halides is 3. The zero-order valence-electron chi connectivity index (χ0n) is 20.0. The largest absolute Gasteiger partial charge is 0.425 e.